The Bertz CT molecular complexity index is 937. The molecule has 0 heterocycles. The summed E-state index contributed by atoms with van der Waals surface area (Å²) in [4.78, 5) is 42.6. The zero-order valence-corrected chi connectivity index (χ0v) is 32.0. The monoisotopic (exact) mass is 710 g/mol. The summed E-state index contributed by atoms with van der Waals surface area (Å²) < 4.78 is 26.2. The fraction of sp³-hybridized carbons (Fsp3) is 0.750. The second kappa shape index (κ2) is 35.8. The predicted octanol–water partition coefficient (Wildman–Crippen LogP) is 11.6. The van der Waals surface area contributed by atoms with Gasteiger partial charge in [0.05, 0.1) is 6.61 Å². The summed E-state index contributed by atoms with van der Waals surface area (Å²) in [5.41, 5.74) is 0. The highest BCUT2D eigenvalue weighted by Crippen LogP contribution is 2.36. The van der Waals surface area contributed by atoms with Gasteiger partial charge < -0.3 is 19.3 Å². The number of esters is 2. The molecule has 0 aromatic heterocycles. The number of hydrogen-bond acceptors (Lipinski definition) is 6. The number of phosphoric acid groups is 1. The number of allylic oxidation sites excluding steroid dienone is 8. The molecule has 0 spiro atoms. The highest BCUT2D eigenvalue weighted by atomic mass is 31.2. The summed E-state index contributed by atoms with van der Waals surface area (Å²) in [6, 6.07) is 0. The van der Waals surface area contributed by atoms with Gasteiger partial charge >= 0.3 is 19.8 Å². The van der Waals surface area contributed by atoms with E-state index in [0.29, 0.717) is 6.42 Å². The fourth-order valence-corrected chi connectivity index (χ4v) is 5.61. The normalized spacial score (nSPS) is 13.0. The van der Waals surface area contributed by atoms with E-state index in [9.17, 15) is 14.2 Å². The second-order valence-electron chi connectivity index (χ2n) is 12.9. The van der Waals surface area contributed by atoms with Gasteiger partial charge in [-0.05, 0) is 51.4 Å². The van der Waals surface area contributed by atoms with E-state index >= 15 is 0 Å². The summed E-state index contributed by atoms with van der Waals surface area (Å²) >= 11 is 0. The van der Waals surface area contributed by atoms with E-state index in [-0.39, 0.29) is 19.4 Å². The van der Waals surface area contributed by atoms with Gasteiger partial charge in [0.25, 0.3) is 0 Å². The largest absolute Gasteiger partial charge is 0.469 e. The third-order valence-corrected chi connectivity index (χ3v) is 8.60. The Morgan fingerprint density at radius 3 is 1.47 bits per heavy atom. The van der Waals surface area contributed by atoms with E-state index in [4.69, 9.17) is 19.3 Å². The summed E-state index contributed by atoms with van der Waals surface area (Å²) in [5, 5.41) is 0. The number of hydrogen-bond donors (Lipinski definition) is 2. The van der Waals surface area contributed by atoms with Crippen LogP contribution in [0.5, 0.6) is 0 Å². The molecule has 0 amide bonds. The number of carbonyl (C=O) groups is 2. The molecule has 0 fully saturated rings. The van der Waals surface area contributed by atoms with Gasteiger partial charge in [-0.25, -0.2) is 4.57 Å². The Labute approximate surface area is 299 Å². The molecule has 0 rings (SSSR count). The lowest BCUT2D eigenvalue weighted by atomic mass is 10.0. The zero-order valence-electron chi connectivity index (χ0n) is 31.1. The first-order valence-electron chi connectivity index (χ1n) is 19.4. The van der Waals surface area contributed by atoms with Gasteiger partial charge in [0, 0.05) is 12.8 Å². The van der Waals surface area contributed by atoms with Crippen molar-refractivity contribution in [1.82, 2.24) is 0 Å². The SMILES string of the molecule is CC/C=C\C/C=C\C/C=C\C/C=C\CCCCCCCCCCCCC(=O)OC(COC(=O)CCCCCCCCCC)COP(=O)(O)O. The lowest BCUT2D eigenvalue weighted by Gasteiger charge is -2.18. The average molecular weight is 711 g/mol. The summed E-state index contributed by atoms with van der Waals surface area (Å²) in [6.07, 6.45) is 42.8. The van der Waals surface area contributed by atoms with Crippen molar-refractivity contribution in [3.8, 4) is 0 Å². The minimum absolute atomic E-state index is 0.206. The first-order valence-corrected chi connectivity index (χ1v) is 21.0. The molecule has 8 nitrogen and oxygen atoms in total. The van der Waals surface area contributed by atoms with Crippen LogP contribution in [-0.2, 0) is 28.2 Å². The molecule has 49 heavy (non-hydrogen) atoms. The molecule has 0 aliphatic carbocycles. The molecule has 0 aromatic rings. The molecule has 0 aliphatic heterocycles. The molecule has 0 aromatic carbocycles. The molecule has 1 unspecified atom stereocenters. The van der Waals surface area contributed by atoms with Crippen LogP contribution in [0.25, 0.3) is 0 Å². The summed E-state index contributed by atoms with van der Waals surface area (Å²) in [7, 11) is -4.75. The van der Waals surface area contributed by atoms with Crippen LogP contribution in [0, 0.1) is 0 Å². The first-order chi connectivity index (χ1) is 23.8. The number of phosphoric ester groups is 1. The van der Waals surface area contributed by atoms with Gasteiger partial charge in [0.2, 0.25) is 0 Å². The van der Waals surface area contributed by atoms with E-state index in [1.54, 1.807) is 0 Å². The lowest BCUT2D eigenvalue weighted by molar-refractivity contribution is -0.161. The average Bonchev–Trinajstić information content (AvgIpc) is 3.07. The Morgan fingerprint density at radius 2 is 0.980 bits per heavy atom. The van der Waals surface area contributed by atoms with Crippen LogP contribution in [-0.4, -0.2) is 41.0 Å². The third-order valence-electron chi connectivity index (χ3n) is 8.11. The van der Waals surface area contributed by atoms with Gasteiger partial charge in [0.15, 0.2) is 6.10 Å². The number of carbonyl (C=O) groups excluding carboxylic acids is 2. The van der Waals surface area contributed by atoms with Gasteiger partial charge in [-0.2, -0.15) is 0 Å². The van der Waals surface area contributed by atoms with E-state index in [0.717, 1.165) is 70.6 Å². The van der Waals surface area contributed by atoms with Crippen molar-refractivity contribution >= 4 is 19.8 Å². The van der Waals surface area contributed by atoms with E-state index in [2.05, 4.69) is 67.0 Å². The molecule has 284 valence electrons. The Hall–Kier alpha value is -1.99. The van der Waals surface area contributed by atoms with Crippen LogP contribution in [0.3, 0.4) is 0 Å². The molecule has 0 saturated carbocycles. The molecule has 0 bridgehead atoms. The molecule has 9 heteroatoms. The van der Waals surface area contributed by atoms with Crippen molar-refractivity contribution in [2.75, 3.05) is 13.2 Å². The van der Waals surface area contributed by atoms with Crippen molar-refractivity contribution in [1.29, 1.82) is 0 Å². The van der Waals surface area contributed by atoms with Crippen LogP contribution in [0.4, 0.5) is 0 Å². The molecule has 0 saturated heterocycles. The molecule has 1 atom stereocenters. The van der Waals surface area contributed by atoms with E-state index < -0.39 is 32.5 Å². The van der Waals surface area contributed by atoms with Crippen molar-refractivity contribution in [2.24, 2.45) is 0 Å². The first kappa shape index (κ1) is 47.0. The maximum absolute atomic E-state index is 12.4. The Balaban J connectivity index is 3.86. The molecular formula is C40H71O8P. The van der Waals surface area contributed by atoms with Crippen LogP contribution < -0.4 is 0 Å². The van der Waals surface area contributed by atoms with Gasteiger partial charge in [0.1, 0.15) is 6.61 Å². The van der Waals surface area contributed by atoms with Crippen molar-refractivity contribution < 1.29 is 37.9 Å². The highest BCUT2D eigenvalue weighted by molar-refractivity contribution is 7.46. The second-order valence-corrected chi connectivity index (χ2v) is 14.1. The van der Waals surface area contributed by atoms with E-state index in [1.165, 1.54) is 70.6 Å². The highest BCUT2D eigenvalue weighted by Gasteiger charge is 2.22. The minimum atomic E-state index is -4.75. The fourth-order valence-electron chi connectivity index (χ4n) is 5.25. The maximum atomic E-state index is 12.4. The zero-order chi connectivity index (χ0) is 36.1. The number of ether oxygens (including phenoxy) is 2. The van der Waals surface area contributed by atoms with Gasteiger partial charge in [-0.15, -0.1) is 0 Å². The van der Waals surface area contributed by atoms with Crippen molar-refractivity contribution in [3.63, 3.8) is 0 Å². The summed E-state index contributed by atoms with van der Waals surface area (Å²) in [6.45, 7) is 3.52. The third kappa shape index (κ3) is 38.7. The number of rotatable bonds is 35. The number of unbranched alkanes of at least 4 members (excludes halogenated alkanes) is 17. The Morgan fingerprint density at radius 1 is 0.551 bits per heavy atom. The standard InChI is InChI=1S/C40H71O8P/c1-3-5-7-9-11-13-14-15-16-17-18-19-20-21-22-23-24-25-26-27-29-31-33-35-40(42)48-38(37-47-49(43,44)45)36-46-39(41)34-32-30-28-12-10-8-6-4-2/h5,7,11,13,15-16,18-19,38H,3-4,6,8-10,12,14,17,20-37H2,1-2H3,(H2,43,44,45)/b7-5-,13-11-,16-15-,19-18-. The molecule has 2 N–H and O–H groups in total. The molecule has 0 aliphatic rings. The smallest absolute Gasteiger partial charge is 0.462 e. The Kier molecular flexibility index (Phi) is 34.4. The molecule has 0 radical (unpaired) electrons. The molecular weight excluding hydrogens is 639 g/mol. The topological polar surface area (TPSA) is 119 Å². The minimum Gasteiger partial charge on any atom is -0.462 e. The van der Waals surface area contributed by atoms with Crippen LogP contribution in [0.2, 0.25) is 0 Å². The van der Waals surface area contributed by atoms with Crippen LogP contribution >= 0.6 is 7.82 Å². The van der Waals surface area contributed by atoms with Crippen LogP contribution in [0.1, 0.15) is 174 Å². The van der Waals surface area contributed by atoms with Gasteiger partial charge in [-0.3, -0.25) is 14.1 Å². The predicted molar refractivity (Wildman–Crippen MR) is 202 cm³/mol. The van der Waals surface area contributed by atoms with Crippen molar-refractivity contribution in [3.05, 3.63) is 48.6 Å². The van der Waals surface area contributed by atoms with E-state index in [1.807, 2.05) is 0 Å². The quantitative estimate of drug-likeness (QED) is 0.0289. The van der Waals surface area contributed by atoms with Crippen molar-refractivity contribution in [2.45, 2.75) is 180 Å². The maximum Gasteiger partial charge on any atom is 0.469 e. The summed E-state index contributed by atoms with van der Waals surface area (Å²) in [5.74, 6) is -0.895. The van der Waals surface area contributed by atoms with Crippen LogP contribution in [0.15, 0.2) is 48.6 Å². The lowest BCUT2D eigenvalue weighted by Crippen LogP contribution is -2.29. The van der Waals surface area contributed by atoms with Gasteiger partial charge in [-0.1, -0.05) is 159 Å².